The topological polar surface area (TPSA) is 39.3 Å². The highest BCUT2D eigenvalue weighted by atomic mass is 19.1. The average molecular weight is 598 g/mol. The highest BCUT2D eigenvalue weighted by molar-refractivity contribution is 5.87. The first-order valence-corrected chi connectivity index (χ1v) is 15.5. The van der Waals surface area contributed by atoms with Crippen LogP contribution < -0.4 is 0 Å². The van der Waals surface area contributed by atoms with E-state index in [1.807, 2.05) is 36.2 Å². The molecule has 0 fully saturated rings. The van der Waals surface area contributed by atoms with Crippen LogP contribution in [-0.4, -0.2) is 39.8 Å². The van der Waals surface area contributed by atoms with Crippen molar-refractivity contribution >= 4 is 27.6 Å². The predicted molar refractivity (Wildman–Crippen MR) is 183 cm³/mol. The number of carbonyl (C=O) groups is 1. The maximum Gasteiger partial charge on any atom is 0.239 e. The van der Waals surface area contributed by atoms with Crippen LogP contribution in [0.1, 0.15) is 48.2 Å². The Hall–Kier alpha value is -4.74. The van der Waals surface area contributed by atoms with Gasteiger partial charge < -0.3 is 9.88 Å². The summed E-state index contributed by atoms with van der Waals surface area (Å²) < 4.78 is 14.9. The van der Waals surface area contributed by atoms with Gasteiger partial charge in [0.1, 0.15) is 5.82 Å². The maximum atomic E-state index is 14.9. The van der Waals surface area contributed by atoms with Crippen LogP contribution in [-0.2, 0) is 24.2 Å². The van der Waals surface area contributed by atoms with Gasteiger partial charge in [-0.2, -0.15) is 0 Å². The van der Waals surface area contributed by atoms with Crippen molar-refractivity contribution in [3.63, 3.8) is 0 Å². The highest BCUT2D eigenvalue weighted by Crippen LogP contribution is 2.39. The van der Waals surface area contributed by atoms with E-state index in [2.05, 4.69) is 88.7 Å². The fourth-order valence-electron chi connectivity index (χ4n) is 6.94. The number of rotatable bonds is 8. The van der Waals surface area contributed by atoms with Crippen molar-refractivity contribution in [1.29, 1.82) is 0 Å². The van der Waals surface area contributed by atoms with E-state index in [1.54, 1.807) is 12.1 Å². The minimum atomic E-state index is -0.415. The molecule has 5 aromatic carbocycles. The Balaban J connectivity index is 0.00000357. The Bertz CT molecular complexity index is 1940. The second-order valence-corrected chi connectivity index (χ2v) is 11.8. The third kappa shape index (κ3) is 5.88. The van der Waals surface area contributed by atoms with E-state index >= 15 is 0 Å². The standard InChI is InChI=1S/C39H36FN3O.CH4/c1-27(43-24-22-29-12-3-6-17-34(29)38(43)35-18-10-14-28-11-2-5-15-32(28)35)39(44)42(26-31-13-4-8-19-36(31)40)23-21-30-25-41-37-20-9-7-16-33(30)37;/h2-20,25,27,38,41H,21-24,26H2,1H3;1H4/t27-,38+;/m0./s1. The number of carbonyl (C=O) groups excluding carboxylic acids is 1. The minimum absolute atomic E-state index is 0. The van der Waals surface area contributed by atoms with Gasteiger partial charge in [-0.05, 0) is 64.9 Å². The molecule has 2 atom stereocenters. The molecule has 0 aliphatic carbocycles. The Morgan fingerprint density at radius 1 is 0.844 bits per heavy atom. The van der Waals surface area contributed by atoms with Crippen molar-refractivity contribution in [1.82, 2.24) is 14.8 Å². The van der Waals surface area contributed by atoms with Crippen molar-refractivity contribution in [3.05, 3.63) is 155 Å². The molecule has 1 amide bonds. The number of nitrogens with zero attached hydrogens (tertiary/aromatic N) is 2. The SMILES string of the molecule is C.C[C@@H](C(=O)N(CCc1c[nH]c2ccccc12)Cc1ccccc1F)N1CCc2ccccc2[C@@H]1c1cccc2ccccc12. The molecule has 6 aromatic rings. The molecule has 0 radical (unpaired) electrons. The number of hydrogen-bond donors (Lipinski definition) is 1. The molecular weight excluding hydrogens is 557 g/mol. The summed E-state index contributed by atoms with van der Waals surface area (Å²) >= 11 is 0. The summed E-state index contributed by atoms with van der Waals surface area (Å²) in [7, 11) is 0. The molecular formula is C40H40FN3O. The van der Waals surface area contributed by atoms with Gasteiger partial charge >= 0.3 is 0 Å². The lowest BCUT2D eigenvalue weighted by Gasteiger charge is -2.42. The molecule has 0 saturated heterocycles. The van der Waals surface area contributed by atoms with Crippen LogP contribution >= 0.6 is 0 Å². The summed E-state index contributed by atoms with van der Waals surface area (Å²) in [6.07, 6.45) is 3.57. The maximum absolute atomic E-state index is 14.9. The summed E-state index contributed by atoms with van der Waals surface area (Å²) in [5.41, 5.74) is 6.53. The smallest absolute Gasteiger partial charge is 0.239 e. The third-order valence-electron chi connectivity index (χ3n) is 9.25. The normalized spacial score (nSPS) is 15.4. The lowest BCUT2D eigenvalue weighted by molar-refractivity contribution is -0.138. The van der Waals surface area contributed by atoms with E-state index in [1.165, 1.54) is 33.5 Å². The van der Waals surface area contributed by atoms with Crippen molar-refractivity contribution in [2.24, 2.45) is 0 Å². The van der Waals surface area contributed by atoms with Crippen LogP contribution in [0.5, 0.6) is 0 Å². The molecule has 1 aromatic heterocycles. The average Bonchev–Trinajstić information content (AvgIpc) is 3.49. The number of para-hydroxylation sites is 1. The number of fused-ring (bicyclic) bond motifs is 3. The van der Waals surface area contributed by atoms with E-state index in [-0.39, 0.29) is 31.7 Å². The van der Waals surface area contributed by atoms with Gasteiger partial charge in [-0.15, -0.1) is 0 Å². The molecule has 45 heavy (non-hydrogen) atoms. The zero-order chi connectivity index (χ0) is 30.0. The van der Waals surface area contributed by atoms with Crippen LogP contribution in [0.4, 0.5) is 4.39 Å². The zero-order valence-electron chi connectivity index (χ0n) is 24.9. The van der Waals surface area contributed by atoms with Crippen LogP contribution in [0, 0.1) is 5.82 Å². The van der Waals surface area contributed by atoms with Gasteiger partial charge in [-0.25, -0.2) is 4.39 Å². The summed E-state index contributed by atoms with van der Waals surface area (Å²) in [6, 6.07) is 38.1. The number of aromatic nitrogens is 1. The number of benzene rings is 5. The molecule has 0 spiro atoms. The molecule has 4 nitrogen and oxygen atoms in total. The Kier molecular flexibility index (Phi) is 8.81. The lowest BCUT2D eigenvalue weighted by atomic mass is 9.85. The van der Waals surface area contributed by atoms with E-state index in [9.17, 15) is 9.18 Å². The molecule has 0 unspecified atom stereocenters. The molecule has 0 saturated carbocycles. The molecule has 0 bridgehead atoms. The fraction of sp³-hybridized carbons (Fsp3) is 0.225. The Labute approximate surface area is 265 Å². The molecule has 1 N–H and O–H groups in total. The van der Waals surface area contributed by atoms with E-state index in [0.29, 0.717) is 18.5 Å². The van der Waals surface area contributed by atoms with Crippen LogP contribution in [0.2, 0.25) is 0 Å². The van der Waals surface area contributed by atoms with Crippen LogP contribution in [0.25, 0.3) is 21.7 Å². The molecule has 7 rings (SSSR count). The molecule has 1 aliphatic heterocycles. The van der Waals surface area contributed by atoms with Gasteiger partial charge in [0.15, 0.2) is 0 Å². The van der Waals surface area contributed by atoms with Crippen molar-refractivity contribution in [3.8, 4) is 0 Å². The second-order valence-electron chi connectivity index (χ2n) is 11.8. The van der Waals surface area contributed by atoms with Gasteiger partial charge in [-0.1, -0.05) is 111 Å². The molecule has 1 aliphatic rings. The summed E-state index contributed by atoms with van der Waals surface area (Å²) in [5, 5.41) is 3.54. The Morgan fingerprint density at radius 3 is 2.40 bits per heavy atom. The number of hydrogen-bond acceptors (Lipinski definition) is 2. The predicted octanol–water partition coefficient (Wildman–Crippen LogP) is 8.70. The number of H-pyrrole nitrogens is 1. The molecule has 5 heteroatoms. The van der Waals surface area contributed by atoms with Crippen LogP contribution in [0.15, 0.2) is 121 Å². The Morgan fingerprint density at radius 2 is 1.53 bits per heavy atom. The molecule has 228 valence electrons. The van der Waals surface area contributed by atoms with Crippen LogP contribution in [0.3, 0.4) is 0 Å². The lowest BCUT2D eigenvalue weighted by Crippen LogP contribution is -2.51. The van der Waals surface area contributed by atoms with Gasteiger partial charge in [0, 0.05) is 42.3 Å². The van der Waals surface area contributed by atoms with E-state index in [4.69, 9.17) is 0 Å². The first kappa shape index (κ1) is 30.3. The van der Waals surface area contributed by atoms with Crippen molar-refractivity contribution in [2.75, 3.05) is 13.1 Å². The first-order chi connectivity index (χ1) is 21.6. The number of nitrogens with one attached hydrogen (secondary N) is 1. The second kappa shape index (κ2) is 13.1. The van der Waals surface area contributed by atoms with E-state index in [0.717, 1.165) is 29.4 Å². The fourth-order valence-corrected chi connectivity index (χ4v) is 6.94. The van der Waals surface area contributed by atoms with Gasteiger partial charge in [-0.3, -0.25) is 9.69 Å². The summed E-state index contributed by atoms with van der Waals surface area (Å²) in [4.78, 5) is 22.1. The van der Waals surface area contributed by atoms with Gasteiger partial charge in [0.25, 0.3) is 0 Å². The number of aromatic amines is 1. The number of halogens is 1. The monoisotopic (exact) mass is 597 g/mol. The van der Waals surface area contributed by atoms with Crippen molar-refractivity contribution in [2.45, 2.75) is 45.8 Å². The summed E-state index contributed by atoms with van der Waals surface area (Å²) in [5.74, 6) is -0.275. The van der Waals surface area contributed by atoms with Gasteiger partial charge in [0.2, 0.25) is 5.91 Å². The summed E-state index contributed by atoms with van der Waals surface area (Å²) in [6.45, 7) is 3.49. The third-order valence-corrected chi connectivity index (χ3v) is 9.25. The number of amides is 1. The highest BCUT2D eigenvalue weighted by Gasteiger charge is 2.36. The van der Waals surface area contributed by atoms with Gasteiger partial charge in [0.05, 0.1) is 12.1 Å². The molecule has 2 heterocycles. The first-order valence-electron chi connectivity index (χ1n) is 15.5. The zero-order valence-corrected chi connectivity index (χ0v) is 24.9. The minimum Gasteiger partial charge on any atom is -0.361 e. The van der Waals surface area contributed by atoms with Crippen molar-refractivity contribution < 1.29 is 9.18 Å². The van der Waals surface area contributed by atoms with E-state index < -0.39 is 6.04 Å². The quantitative estimate of drug-likeness (QED) is 0.191. The largest absolute Gasteiger partial charge is 0.361 e.